The maximum absolute atomic E-state index is 8.46. The quantitative estimate of drug-likeness (QED) is 0.570. The fourth-order valence-corrected chi connectivity index (χ4v) is 0.609. The number of rotatable bonds is 1. The van der Waals surface area contributed by atoms with Gasteiger partial charge in [0.15, 0.2) is 0 Å². The molecule has 56 valence electrons. The molecule has 0 aromatic carbocycles. The van der Waals surface area contributed by atoms with Crippen LogP contribution in [0.15, 0.2) is 23.8 Å². The van der Waals surface area contributed by atoms with E-state index in [1.807, 2.05) is 18.2 Å². The summed E-state index contributed by atoms with van der Waals surface area (Å²) in [7, 11) is 1.00. The second-order valence-electron chi connectivity index (χ2n) is 1.62. The van der Waals surface area contributed by atoms with Crippen LogP contribution >= 0.6 is 0 Å². The fourth-order valence-electron chi connectivity index (χ4n) is 0.609. The Morgan fingerprint density at radius 2 is 2.10 bits per heavy atom. The zero-order chi connectivity index (χ0) is 7.11. The van der Waals surface area contributed by atoms with Gasteiger partial charge in [0.2, 0.25) is 0 Å². The molecular formula is C7H12O2Ti. The van der Waals surface area contributed by atoms with Crippen LogP contribution in [0.25, 0.3) is 0 Å². The molecule has 0 saturated carbocycles. The van der Waals surface area contributed by atoms with E-state index in [0.717, 1.165) is 19.1 Å². The molecule has 0 radical (unpaired) electrons. The van der Waals surface area contributed by atoms with Gasteiger partial charge in [0, 0.05) is 28.8 Å². The molecule has 1 rings (SSSR count). The second kappa shape index (κ2) is 9.11. The first-order valence-corrected chi connectivity index (χ1v) is 2.83. The molecule has 0 aromatic heterocycles. The Hall–Kier alpha value is 0.114. The Morgan fingerprint density at radius 3 is 2.30 bits per heavy atom. The summed E-state index contributed by atoms with van der Waals surface area (Å²) in [5, 5.41) is 15.5. The topological polar surface area (TPSA) is 40.5 Å². The number of hydrogen-bond donors (Lipinski definition) is 2. The van der Waals surface area contributed by atoms with Crippen molar-refractivity contribution in [3.05, 3.63) is 23.8 Å². The summed E-state index contributed by atoms with van der Waals surface area (Å²) in [6.07, 6.45) is 6.88. The molecule has 0 spiro atoms. The maximum atomic E-state index is 8.46. The van der Waals surface area contributed by atoms with E-state index in [1.54, 1.807) is 0 Å². The Morgan fingerprint density at radius 1 is 1.50 bits per heavy atom. The van der Waals surface area contributed by atoms with Crippen LogP contribution in [0.1, 0.15) is 6.42 Å². The van der Waals surface area contributed by atoms with Crippen LogP contribution in [0, 0.1) is 0 Å². The molecule has 0 fully saturated rings. The molecule has 3 heteroatoms. The Balaban J connectivity index is 0. The smallest absolute Gasteiger partial charge is 0.0647 e. The van der Waals surface area contributed by atoms with Crippen molar-refractivity contribution in [1.82, 2.24) is 0 Å². The van der Waals surface area contributed by atoms with E-state index < -0.39 is 0 Å². The van der Waals surface area contributed by atoms with Crippen molar-refractivity contribution in [3.63, 3.8) is 0 Å². The number of hydrogen-bond acceptors (Lipinski definition) is 2. The van der Waals surface area contributed by atoms with E-state index >= 15 is 0 Å². The molecule has 1 aliphatic rings. The van der Waals surface area contributed by atoms with Crippen molar-refractivity contribution < 1.29 is 31.9 Å². The van der Waals surface area contributed by atoms with E-state index in [4.69, 9.17) is 10.2 Å². The summed E-state index contributed by atoms with van der Waals surface area (Å²) >= 11 is 0. The minimum Gasteiger partial charge on any atom is -0.400 e. The third kappa shape index (κ3) is 4.94. The Bertz CT molecular complexity index is 119. The van der Waals surface area contributed by atoms with Crippen molar-refractivity contribution in [3.8, 4) is 0 Å². The number of allylic oxidation sites excluding steroid dienone is 3. The molecule has 0 heterocycles. The predicted molar refractivity (Wildman–Crippen MR) is 37.1 cm³/mol. The average molecular weight is 176 g/mol. The fraction of sp³-hybridized carbons (Fsp3) is 0.429. The number of aliphatic hydroxyl groups is 2. The van der Waals surface area contributed by atoms with Crippen LogP contribution in [0.3, 0.4) is 0 Å². The van der Waals surface area contributed by atoms with Gasteiger partial charge in [-0.2, -0.15) is 0 Å². The summed E-state index contributed by atoms with van der Waals surface area (Å²) in [6.45, 7) is 0.215. The summed E-state index contributed by atoms with van der Waals surface area (Å²) in [5.41, 5.74) is 1.11. The molecule has 10 heavy (non-hydrogen) atoms. The van der Waals surface area contributed by atoms with Crippen LogP contribution in [0.2, 0.25) is 0 Å². The van der Waals surface area contributed by atoms with Gasteiger partial charge in [-0.15, -0.1) is 0 Å². The molecule has 2 nitrogen and oxygen atoms in total. The van der Waals surface area contributed by atoms with Gasteiger partial charge in [-0.05, 0) is 12.0 Å². The molecule has 2 N–H and O–H groups in total. The van der Waals surface area contributed by atoms with Gasteiger partial charge < -0.3 is 10.2 Å². The first-order valence-electron chi connectivity index (χ1n) is 2.83. The van der Waals surface area contributed by atoms with Crippen molar-refractivity contribution in [2.75, 3.05) is 13.7 Å². The molecule has 0 aliphatic heterocycles. The van der Waals surface area contributed by atoms with Gasteiger partial charge in [-0.3, -0.25) is 0 Å². The van der Waals surface area contributed by atoms with E-state index in [0.29, 0.717) is 0 Å². The summed E-state index contributed by atoms with van der Waals surface area (Å²) in [5.74, 6) is 0. The van der Waals surface area contributed by atoms with E-state index in [-0.39, 0.29) is 28.3 Å². The largest absolute Gasteiger partial charge is 0.400 e. The molecule has 0 atom stereocenters. The van der Waals surface area contributed by atoms with Crippen LogP contribution < -0.4 is 0 Å². The van der Waals surface area contributed by atoms with Crippen LogP contribution in [0.5, 0.6) is 0 Å². The predicted octanol–water partition coefficient (Wildman–Crippen LogP) is 0.471. The monoisotopic (exact) mass is 176 g/mol. The third-order valence-electron chi connectivity index (χ3n) is 1.05. The van der Waals surface area contributed by atoms with Crippen LogP contribution in [-0.2, 0) is 21.7 Å². The summed E-state index contributed by atoms with van der Waals surface area (Å²) in [4.78, 5) is 0. The molecule has 0 aromatic rings. The number of aliphatic hydroxyl groups excluding tert-OH is 2. The molecule has 0 saturated heterocycles. The summed E-state index contributed by atoms with van der Waals surface area (Å²) in [6, 6.07) is 0. The Labute approximate surface area is 76.1 Å². The van der Waals surface area contributed by atoms with Gasteiger partial charge in [0.25, 0.3) is 0 Å². The van der Waals surface area contributed by atoms with E-state index in [9.17, 15) is 0 Å². The SMILES string of the molecule is CO.OCC1=CC=CC1.[Ti]. The van der Waals surface area contributed by atoms with Crippen molar-refractivity contribution in [2.24, 2.45) is 0 Å². The standard InChI is InChI=1S/C6H8O.CH4O.Ti/c7-5-6-3-1-2-4-6;1-2;/h1-3,7H,4-5H2;2H,1H3;. The van der Waals surface area contributed by atoms with Gasteiger partial charge >= 0.3 is 0 Å². The normalized spacial score (nSPS) is 12.9. The third-order valence-corrected chi connectivity index (χ3v) is 1.05. The average Bonchev–Trinajstić information content (AvgIpc) is 2.43. The van der Waals surface area contributed by atoms with E-state index in [1.165, 1.54) is 0 Å². The van der Waals surface area contributed by atoms with Gasteiger partial charge in [0.05, 0.1) is 6.61 Å². The minimum absolute atomic E-state index is 0. The molecule has 0 bridgehead atoms. The van der Waals surface area contributed by atoms with Gasteiger partial charge in [-0.25, -0.2) is 0 Å². The molecule has 0 amide bonds. The minimum atomic E-state index is 0. The van der Waals surface area contributed by atoms with Gasteiger partial charge in [-0.1, -0.05) is 18.2 Å². The first kappa shape index (κ1) is 12.8. The van der Waals surface area contributed by atoms with Crippen molar-refractivity contribution in [1.29, 1.82) is 0 Å². The molecule has 0 unspecified atom stereocenters. The molecular weight excluding hydrogens is 164 g/mol. The van der Waals surface area contributed by atoms with Gasteiger partial charge in [0.1, 0.15) is 0 Å². The molecule has 1 aliphatic carbocycles. The zero-order valence-electron chi connectivity index (χ0n) is 6.04. The van der Waals surface area contributed by atoms with Crippen molar-refractivity contribution >= 4 is 0 Å². The zero-order valence-corrected chi connectivity index (χ0v) is 7.60. The Kier molecular flexibility index (Phi) is 11.6. The van der Waals surface area contributed by atoms with Crippen LogP contribution in [-0.4, -0.2) is 23.9 Å². The van der Waals surface area contributed by atoms with E-state index in [2.05, 4.69) is 0 Å². The van der Waals surface area contributed by atoms with Crippen LogP contribution in [0.4, 0.5) is 0 Å². The van der Waals surface area contributed by atoms with Crippen molar-refractivity contribution in [2.45, 2.75) is 6.42 Å². The first-order chi connectivity index (χ1) is 4.43. The summed E-state index contributed by atoms with van der Waals surface area (Å²) < 4.78 is 0. The maximum Gasteiger partial charge on any atom is 0.0647 e. The second-order valence-corrected chi connectivity index (χ2v) is 1.62.